The minimum absolute atomic E-state index is 0.297. The number of halogens is 1. The summed E-state index contributed by atoms with van der Waals surface area (Å²) in [5.41, 5.74) is 1.08. The minimum Gasteiger partial charge on any atom is -0.317 e. The van der Waals surface area contributed by atoms with Crippen LogP contribution >= 0.6 is 23.4 Å². The number of fused-ring (bicyclic) bond motifs is 6. The smallest absolute Gasteiger partial charge is 0.317 e. The van der Waals surface area contributed by atoms with Gasteiger partial charge in [0.1, 0.15) is 0 Å². The largest absolute Gasteiger partial charge is 0.374 e. The van der Waals surface area contributed by atoms with Crippen LogP contribution in [0.2, 0.25) is 5.02 Å². The van der Waals surface area contributed by atoms with Gasteiger partial charge in [-0.05, 0) is 35.0 Å². The summed E-state index contributed by atoms with van der Waals surface area (Å²) in [6.45, 7) is 3.70. The molecule has 2 aromatic carbocycles. The number of aromatic amines is 1. The molecule has 3 aromatic rings. The summed E-state index contributed by atoms with van der Waals surface area (Å²) in [5.74, 6) is 0.224. The predicted molar refractivity (Wildman–Crippen MR) is 112 cm³/mol. The van der Waals surface area contributed by atoms with Crippen molar-refractivity contribution < 1.29 is 9.48 Å². The van der Waals surface area contributed by atoms with Gasteiger partial charge in [0, 0.05) is 15.9 Å². The van der Waals surface area contributed by atoms with Gasteiger partial charge in [-0.25, -0.2) is 0 Å². The lowest BCUT2D eigenvalue weighted by Gasteiger charge is -2.28. The van der Waals surface area contributed by atoms with Crippen LogP contribution in [-0.2, 0) is 10.5 Å². The molecule has 2 aliphatic rings. The van der Waals surface area contributed by atoms with E-state index < -0.39 is 5.66 Å². The first kappa shape index (κ1) is 18.0. The number of para-hydroxylation sites is 1. The zero-order chi connectivity index (χ0) is 20.2. The number of carbonyl (C=O) groups excluding carboxylic acids is 1. The molecule has 9 heteroatoms. The molecule has 0 saturated carbocycles. The van der Waals surface area contributed by atoms with Gasteiger partial charge in [0.05, 0.1) is 22.5 Å². The number of amides is 1. The number of hydrogen-bond acceptors (Lipinski definition) is 5. The molecule has 0 fully saturated rings. The summed E-state index contributed by atoms with van der Waals surface area (Å²) in [6, 6.07) is 12.5. The van der Waals surface area contributed by atoms with Gasteiger partial charge in [-0.3, -0.25) is 14.6 Å². The first-order valence-corrected chi connectivity index (χ1v) is 10.2. The van der Waals surface area contributed by atoms with E-state index >= 15 is 0 Å². The lowest BCUT2D eigenvalue weighted by molar-refractivity contribution is -0.781. The monoisotopic (exact) mass is 424 g/mol. The maximum Gasteiger partial charge on any atom is 0.374 e. The Bertz CT molecular complexity index is 1260. The Balaban J connectivity index is 1.87. The number of rotatable bonds is 3. The number of aromatic nitrogens is 3. The van der Waals surface area contributed by atoms with Gasteiger partial charge in [0.15, 0.2) is 0 Å². The SMILES string of the molecule is C=CCSc1n[n+]2c(c(=O)[nH]1)-c1ccccc1N[C@]21C(=O)Nc2ccc(Cl)cc21. The molecule has 29 heavy (non-hydrogen) atoms. The highest BCUT2D eigenvalue weighted by Crippen LogP contribution is 2.42. The van der Waals surface area contributed by atoms with Gasteiger partial charge in [0.25, 0.3) is 0 Å². The van der Waals surface area contributed by atoms with Crippen LogP contribution in [0.25, 0.3) is 11.3 Å². The van der Waals surface area contributed by atoms with E-state index in [2.05, 4.69) is 27.3 Å². The summed E-state index contributed by atoms with van der Waals surface area (Å²) in [6.07, 6.45) is 1.72. The van der Waals surface area contributed by atoms with E-state index in [1.54, 1.807) is 24.3 Å². The third kappa shape index (κ3) is 2.53. The van der Waals surface area contributed by atoms with E-state index in [1.807, 2.05) is 24.3 Å². The van der Waals surface area contributed by atoms with E-state index in [4.69, 9.17) is 11.6 Å². The maximum atomic E-state index is 13.3. The van der Waals surface area contributed by atoms with Gasteiger partial charge in [-0.2, -0.15) is 0 Å². The Morgan fingerprint density at radius 2 is 2.03 bits per heavy atom. The van der Waals surface area contributed by atoms with Crippen molar-refractivity contribution in [1.29, 1.82) is 0 Å². The normalized spacial score (nSPS) is 18.4. The third-order valence-corrected chi connectivity index (χ3v) is 6.03. The molecule has 0 unspecified atom stereocenters. The van der Waals surface area contributed by atoms with Crippen molar-refractivity contribution in [2.45, 2.75) is 10.8 Å². The van der Waals surface area contributed by atoms with E-state index in [-0.39, 0.29) is 11.5 Å². The Morgan fingerprint density at radius 3 is 2.86 bits per heavy atom. The molecule has 0 bridgehead atoms. The van der Waals surface area contributed by atoms with Crippen molar-refractivity contribution >= 4 is 40.6 Å². The average molecular weight is 425 g/mol. The van der Waals surface area contributed by atoms with Crippen LogP contribution in [0.15, 0.2) is 65.1 Å². The van der Waals surface area contributed by atoms with Crippen LogP contribution in [0.5, 0.6) is 0 Å². The van der Waals surface area contributed by atoms with Crippen molar-refractivity contribution in [3.63, 3.8) is 0 Å². The van der Waals surface area contributed by atoms with Gasteiger partial charge < -0.3 is 10.6 Å². The Morgan fingerprint density at radius 1 is 1.21 bits per heavy atom. The molecule has 1 spiro atoms. The van der Waals surface area contributed by atoms with Gasteiger partial charge >= 0.3 is 22.8 Å². The van der Waals surface area contributed by atoms with Crippen LogP contribution in [0.1, 0.15) is 5.56 Å². The lowest BCUT2D eigenvalue weighted by Crippen LogP contribution is -2.71. The Labute approximate surface area is 174 Å². The highest BCUT2D eigenvalue weighted by atomic mass is 35.5. The van der Waals surface area contributed by atoms with Crippen LogP contribution in [0.3, 0.4) is 0 Å². The molecule has 7 nitrogen and oxygen atoms in total. The number of nitrogens with zero attached hydrogens (tertiary/aromatic N) is 2. The summed E-state index contributed by atoms with van der Waals surface area (Å²) in [5, 5.41) is 11.7. The molecule has 3 heterocycles. The minimum atomic E-state index is -1.43. The number of nitrogens with one attached hydrogen (secondary N) is 3. The molecule has 0 radical (unpaired) electrons. The number of thioether (sulfide) groups is 1. The average Bonchev–Trinajstić information content (AvgIpc) is 2.98. The lowest BCUT2D eigenvalue weighted by atomic mass is 9.95. The van der Waals surface area contributed by atoms with Crippen molar-refractivity contribution in [3.05, 3.63) is 76.1 Å². The number of benzene rings is 2. The second-order valence-electron chi connectivity index (χ2n) is 6.64. The van der Waals surface area contributed by atoms with E-state index in [1.165, 1.54) is 16.4 Å². The Kier molecular flexibility index (Phi) is 4.01. The van der Waals surface area contributed by atoms with Crippen molar-refractivity contribution in [1.82, 2.24) is 10.1 Å². The molecule has 1 amide bonds. The molecular formula is C20H15ClN5O2S+. The van der Waals surface area contributed by atoms with Crippen molar-refractivity contribution in [3.8, 4) is 11.3 Å². The second-order valence-corrected chi connectivity index (χ2v) is 8.09. The van der Waals surface area contributed by atoms with E-state index in [0.717, 1.165) is 0 Å². The molecule has 144 valence electrons. The highest BCUT2D eigenvalue weighted by Gasteiger charge is 2.62. The number of anilines is 2. The van der Waals surface area contributed by atoms with E-state index in [0.29, 0.717) is 44.1 Å². The predicted octanol–water partition coefficient (Wildman–Crippen LogP) is 2.73. The summed E-state index contributed by atoms with van der Waals surface area (Å²) in [4.78, 5) is 29.2. The zero-order valence-corrected chi connectivity index (χ0v) is 16.6. The van der Waals surface area contributed by atoms with Crippen LogP contribution < -0.4 is 20.9 Å². The summed E-state index contributed by atoms with van der Waals surface area (Å²) >= 11 is 7.58. The molecule has 2 aliphatic heterocycles. The van der Waals surface area contributed by atoms with Crippen molar-refractivity contribution in [2.75, 3.05) is 16.4 Å². The van der Waals surface area contributed by atoms with Crippen LogP contribution in [0, 0.1) is 0 Å². The Hall–Kier alpha value is -3.10. The number of H-pyrrole nitrogens is 1. The van der Waals surface area contributed by atoms with Crippen LogP contribution in [0.4, 0.5) is 11.4 Å². The zero-order valence-electron chi connectivity index (χ0n) is 15.0. The fourth-order valence-corrected chi connectivity index (χ4v) is 4.49. The first-order chi connectivity index (χ1) is 14.0. The fraction of sp³-hybridized carbons (Fsp3) is 0.100. The molecule has 5 rings (SSSR count). The topological polar surface area (TPSA) is 90.8 Å². The standard InChI is InChI=1S/C20H14ClN5O2S/c1-2-9-29-19-23-17(27)16-12-5-3-4-6-14(12)24-20(26(16)25-19)13-10-11(21)7-8-15(13)22-18(20)28/h2-8,10H,1,9H2,(H2,22,23,25,27,28)/p+1/t20-/m0/s1. The molecule has 0 saturated heterocycles. The number of carbonyl (C=O) groups is 1. The maximum absolute atomic E-state index is 13.3. The van der Waals surface area contributed by atoms with Gasteiger partial charge in [-0.15, -0.1) is 6.58 Å². The molecular weight excluding hydrogens is 410 g/mol. The van der Waals surface area contributed by atoms with Gasteiger partial charge in [-0.1, -0.05) is 41.6 Å². The fourth-order valence-electron chi connectivity index (χ4n) is 3.74. The summed E-state index contributed by atoms with van der Waals surface area (Å²) < 4.78 is 1.47. The third-order valence-electron chi connectivity index (χ3n) is 4.94. The van der Waals surface area contributed by atoms with Crippen molar-refractivity contribution in [2.24, 2.45) is 0 Å². The van der Waals surface area contributed by atoms with Gasteiger partial charge in [0.2, 0.25) is 5.16 Å². The highest BCUT2D eigenvalue weighted by molar-refractivity contribution is 7.99. The van der Waals surface area contributed by atoms with E-state index in [9.17, 15) is 9.59 Å². The summed E-state index contributed by atoms with van der Waals surface area (Å²) in [7, 11) is 0. The van der Waals surface area contributed by atoms with Crippen LogP contribution in [-0.4, -0.2) is 21.7 Å². The molecule has 0 aliphatic carbocycles. The first-order valence-electron chi connectivity index (χ1n) is 8.84. The number of hydrogen-bond donors (Lipinski definition) is 3. The molecule has 1 atom stereocenters. The molecule has 3 N–H and O–H groups in total. The quantitative estimate of drug-likeness (QED) is 0.341. The molecule has 1 aromatic heterocycles. The second kappa shape index (κ2) is 6.47.